The molecule has 1 rings (SSSR count). The van der Waals surface area contributed by atoms with Crippen molar-refractivity contribution in [1.82, 2.24) is 0 Å². The van der Waals surface area contributed by atoms with Crippen molar-refractivity contribution < 1.29 is 27.8 Å². The van der Waals surface area contributed by atoms with E-state index in [0.717, 1.165) is 6.07 Å². The predicted octanol–water partition coefficient (Wildman–Crippen LogP) is 4.81. The first-order valence-electron chi connectivity index (χ1n) is 7.20. The number of hydrogen-bond donors (Lipinski definition) is 2. The molecular weight excluding hydrogens is 335 g/mol. The van der Waals surface area contributed by atoms with Crippen LogP contribution in [0.4, 0.5) is 13.2 Å². The van der Waals surface area contributed by atoms with E-state index in [-0.39, 0.29) is 18.0 Å². The summed E-state index contributed by atoms with van der Waals surface area (Å²) in [6.07, 6.45) is -5.16. The normalized spacial score (nSPS) is 11.3. The highest BCUT2D eigenvalue weighted by Crippen LogP contribution is 2.33. The van der Waals surface area contributed by atoms with Crippen LogP contribution in [0.2, 0.25) is 5.02 Å². The van der Waals surface area contributed by atoms with Crippen molar-refractivity contribution >= 4 is 17.6 Å². The third-order valence-corrected chi connectivity index (χ3v) is 2.67. The molecule has 1 aromatic carbocycles. The molecule has 134 valence electrons. The van der Waals surface area contributed by atoms with E-state index in [1.165, 1.54) is 12.1 Å². The van der Waals surface area contributed by atoms with E-state index < -0.39 is 24.0 Å². The number of benzene rings is 1. The summed E-state index contributed by atoms with van der Waals surface area (Å²) in [5.74, 6) is -2.27. The number of halogens is 4. The summed E-state index contributed by atoms with van der Waals surface area (Å²) < 4.78 is 40.2. The molecule has 0 radical (unpaired) electrons. The fourth-order valence-corrected chi connectivity index (χ4v) is 1.68. The van der Waals surface area contributed by atoms with Crippen LogP contribution in [0, 0.1) is 0 Å². The maximum Gasteiger partial charge on any atom is 0.573 e. The van der Waals surface area contributed by atoms with Gasteiger partial charge in [0.15, 0.2) is 0 Å². The van der Waals surface area contributed by atoms with Gasteiger partial charge in [0.05, 0.1) is 11.4 Å². The summed E-state index contributed by atoms with van der Waals surface area (Å²) in [6.45, 7) is 7.99. The number of hydrogen-bond acceptors (Lipinski definition) is 3. The molecule has 8 heteroatoms. The van der Waals surface area contributed by atoms with Gasteiger partial charge in [-0.15, -0.1) is 13.2 Å². The topological polar surface area (TPSA) is 72.6 Å². The van der Waals surface area contributed by atoms with Crippen molar-refractivity contribution in [1.29, 1.82) is 0 Å². The molecule has 1 aromatic rings. The maximum atomic E-state index is 12.1. The first kappa shape index (κ1) is 23.8. The van der Waals surface area contributed by atoms with Crippen molar-refractivity contribution in [2.75, 3.05) is 6.54 Å². The van der Waals surface area contributed by atoms with Gasteiger partial charge in [0.2, 0.25) is 0 Å². The molecule has 4 nitrogen and oxygen atoms in total. The Bertz CT molecular complexity index is 468. The number of carbonyl (C=O) groups is 1. The van der Waals surface area contributed by atoms with Crippen LogP contribution in [0.25, 0.3) is 0 Å². The Morgan fingerprint density at radius 3 is 2.22 bits per heavy atom. The summed E-state index contributed by atoms with van der Waals surface area (Å²) in [4.78, 5) is 10.6. The summed E-state index contributed by atoms with van der Waals surface area (Å²) in [7, 11) is 0. The molecule has 0 heterocycles. The van der Waals surface area contributed by atoms with E-state index in [4.69, 9.17) is 22.4 Å². The Hall–Kier alpha value is -1.47. The molecule has 23 heavy (non-hydrogen) atoms. The molecule has 0 aliphatic carbocycles. The van der Waals surface area contributed by atoms with Crippen molar-refractivity contribution in [2.45, 2.75) is 46.4 Å². The number of ether oxygens (including phenoxy) is 1. The average molecular weight is 358 g/mol. The van der Waals surface area contributed by atoms with Gasteiger partial charge in [0.25, 0.3) is 0 Å². The highest BCUT2D eigenvalue weighted by Gasteiger charge is 2.32. The van der Waals surface area contributed by atoms with Gasteiger partial charge >= 0.3 is 12.3 Å². The van der Waals surface area contributed by atoms with Crippen LogP contribution >= 0.6 is 11.6 Å². The second-order valence-electron chi connectivity index (χ2n) is 3.77. The quantitative estimate of drug-likeness (QED) is 0.793. The fourth-order valence-electron chi connectivity index (χ4n) is 1.52. The van der Waals surface area contributed by atoms with Gasteiger partial charge < -0.3 is 15.6 Å². The summed E-state index contributed by atoms with van der Waals surface area (Å²) in [5.41, 5.74) is 5.74. The molecule has 0 amide bonds. The molecule has 0 spiro atoms. The second-order valence-corrected chi connectivity index (χ2v) is 4.18. The van der Waals surface area contributed by atoms with Gasteiger partial charge in [0.1, 0.15) is 5.75 Å². The molecule has 3 N–H and O–H groups in total. The third-order valence-electron chi connectivity index (χ3n) is 2.36. The first-order chi connectivity index (χ1) is 10.7. The Morgan fingerprint density at radius 2 is 1.83 bits per heavy atom. The minimum atomic E-state index is -4.87. The van der Waals surface area contributed by atoms with Gasteiger partial charge in [-0.25, -0.2) is 0 Å². The van der Waals surface area contributed by atoms with Gasteiger partial charge in [0, 0.05) is 5.92 Å². The number of nitrogens with two attached hydrogens (primary N) is 1. The molecule has 0 saturated heterocycles. The molecule has 0 saturated carbocycles. The smallest absolute Gasteiger partial charge is 0.481 e. The average Bonchev–Trinajstić information content (AvgIpc) is 2.50. The maximum absolute atomic E-state index is 12.1. The lowest BCUT2D eigenvalue weighted by atomic mass is 9.96. The third kappa shape index (κ3) is 10.0. The summed E-state index contributed by atoms with van der Waals surface area (Å²) in [5, 5.41) is 8.48. The Morgan fingerprint density at radius 1 is 1.30 bits per heavy atom. The van der Waals surface area contributed by atoms with Crippen LogP contribution < -0.4 is 10.5 Å². The fraction of sp³-hybridized carbons (Fsp3) is 0.533. The zero-order valence-electron chi connectivity index (χ0n) is 13.6. The summed E-state index contributed by atoms with van der Waals surface area (Å²) >= 11 is 5.58. The largest absolute Gasteiger partial charge is 0.573 e. The number of carboxylic acids is 1. The van der Waals surface area contributed by atoms with Crippen molar-refractivity contribution in [3.8, 4) is 5.75 Å². The summed E-state index contributed by atoms with van der Waals surface area (Å²) in [6, 6.07) is 3.69. The lowest BCUT2D eigenvalue weighted by Gasteiger charge is -2.16. The van der Waals surface area contributed by atoms with E-state index in [1.807, 2.05) is 27.7 Å². The standard InChI is InChI=1S/C11H11ClF3NO3.2C2H6/c12-8-2-1-6(7(5-16)4-10(17)18)3-9(8)19-11(13,14)15;2*1-2/h1-3,7H,4-5,16H2,(H,17,18);2*1-2H3. The van der Waals surface area contributed by atoms with E-state index in [1.54, 1.807) is 0 Å². The van der Waals surface area contributed by atoms with Crippen LogP contribution in [-0.2, 0) is 4.79 Å². The Balaban J connectivity index is 0. The highest BCUT2D eigenvalue weighted by molar-refractivity contribution is 6.32. The Labute approximate surface area is 139 Å². The van der Waals surface area contributed by atoms with Crippen LogP contribution in [-0.4, -0.2) is 24.0 Å². The molecule has 0 bridgehead atoms. The molecule has 0 aromatic heterocycles. The molecule has 1 atom stereocenters. The second kappa shape index (κ2) is 12.0. The lowest BCUT2D eigenvalue weighted by molar-refractivity contribution is -0.274. The van der Waals surface area contributed by atoms with E-state index in [0.29, 0.717) is 5.56 Å². The van der Waals surface area contributed by atoms with Gasteiger partial charge in [-0.1, -0.05) is 45.4 Å². The van der Waals surface area contributed by atoms with Gasteiger partial charge in [-0.05, 0) is 24.2 Å². The highest BCUT2D eigenvalue weighted by atomic mass is 35.5. The number of aliphatic carboxylic acids is 1. The van der Waals surface area contributed by atoms with Crippen LogP contribution in [0.3, 0.4) is 0 Å². The molecular formula is C15H23ClF3NO3. The predicted molar refractivity (Wildman–Crippen MR) is 84.9 cm³/mol. The molecule has 0 fully saturated rings. The zero-order chi connectivity index (χ0) is 18.6. The zero-order valence-corrected chi connectivity index (χ0v) is 14.3. The van der Waals surface area contributed by atoms with Crippen LogP contribution in [0.15, 0.2) is 18.2 Å². The Kier molecular flexibility index (Phi) is 12.4. The minimum absolute atomic E-state index is 0.0145. The van der Waals surface area contributed by atoms with E-state index >= 15 is 0 Å². The van der Waals surface area contributed by atoms with Crippen molar-refractivity contribution in [3.63, 3.8) is 0 Å². The first-order valence-corrected chi connectivity index (χ1v) is 7.57. The van der Waals surface area contributed by atoms with Crippen molar-refractivity contribution in [3.05, 3.63) is 28.8 Å². The number of carboxylic acid groups (broad SMARTS) is 1. The van der Waals surface area contributed by atoms with Crippen LogP contribution in [0.1, 0.15) is 45.6 Å². The SMILES string of the molecule is CC.CC.NCC(CC(=O)O)c1ccc(Cl)c(OC(F)(F)F)c1. The van der Waals surface area contributed by atoms with Crippen molar-refractivity contribution in [2.24, 2.45) is 5.73 Å². The van der Waals surface area contributed by atoms with Gasteiger partial charge in [-0.3, -0.25) is 4.79 Å². The molecule has 1 unspecified atom stereocenters. The minimum Gasteiger partial charge on any atom is -0.481 e. The van der Waals surface area contributed by atoms with E-state index in [2.05, 4.69) is 4.74 Å². The monoisotopic (exact) mass is 357 g/mol. The number of alkyl halides is 3. The van der Waals surface area contributed by atoms with Crippen LogP contribution in [0.5, 0.6) is 5.75 Å². The molecule has 0 aliphatic rings. The number of rotatable bonds is 5. The molecule has 0 aliphatic heterocycles. The van der Waals surface area contributed by atoms with E-state index in [9.17, 15) is 18.0 Å². The lowest BCUT2D eigenvalue weighted by Crippen LogP contribution is -2.19. The van der Waals surface area contributed by atoms with Gasteiger partial charge in [-0.2, -0.15) is 0 Å².